The highest BCUT2D eigenvalue weighted by Gasteiger charge is 2.11. The fourth-order valence-electron chi connectivity index (χ4n) is 3.74. The number of ether oxygens (including phenoxy) is 2. The van der Waals surface area contributed by atoms with Crippen LogP contribution in [0.5, 0.6) is 23.0 Å². The number of phenolic OH excluding ortho intramolecular Hbond substituents is 2. The van der Waals surface area contributed by atoms with Gasteiger partial charge < -0.3 is 30.3 Å². The van der Waals surface area contributed by atoms with E-state index < -0.39 is 0 Å². The molecule has 0 aliphatic rings. The van der Waals surface area contributed by atoms with Crippen LogP contribution in [0.1, 0.15) is 11.1 Å². The lowest BCUT2D eigenvalue weighted by atomic mass is 10.0. The zero-order valence-electron chi connectivity index (χ0n) is 19.2. The predicted octanol–water partition coefficient (Wildman–Crippen LogP) is 6.01. The standard InChI is InChI=1S/C28H28N2O4/c1-33-27-15-19(11-13-23(27)29-17-21-7-3-5-9-25(21)31)20-12-14-24(28(16-20)34-2)30-18-22-8-4-6-10-26(22)32/h3-16,29-32H,17-18H2,1-2H3. The van der Waals surface area contributed by atoms with Gasteiger partial charge in [0.25, 0.3) is 0 Å². The first-order chi connectivity index (χ1) is 16.6. The molecule has 0 fully saturated rings. The van der Waals surface area contributed by atoms with Gasteiger partial charge in [0, 0.05) is 24.2 Å². The summed E-state index contributed by atoms with van der Waals surface area (Å²) in [5.74, 6) is 1.92. The van der Waals surface area contributed by atoms with Crippen LogP contribution in [-0.2, 0) is 13.1 Å². The highest BCUT2D eigenvalue weighted by molar-refractivity contribution is 5.75. The van der Waals surface area contributed by atoms with E-state index in [2.05, 4.69) is 10.6 Å². The second kappa shape index (κ2) is 10.5. The van der Waals surface area contributed by atoms with Crippen molar-refractivity contribution in [1.82, 2.24) is 0 Å². The minimum atomic E-state index is 0.258. The first-order valence-electron chi connectivity index (χ1n) is 11.0. The van der Waals surface area contributed by atoms with E-state index in [9.17, 15) is 10.2 Å². The number of nitrogens with one attached hydrogen (secondary N) is 2. The Morgan fingerprint density at radius 2 is 1.00 bits per heavy atom. The molecular formula is C28H28N2O4. The molecule has 0 unspecified atom stereocenters. The summed E-state index contributed by atoms with van der Waals surface area (Å²) >= 11 is 0. The van der Waals surface area contributed by atoms with Gasteiger partial charge in [0.2, 0.25) is 0 Å². The van der Waals surface area contributed by atoms with E-state index in [4.69, 9.17) is 9.47 Å². The van der Waals surface area contributed by atoms with E-state index in [1.54, 1.807) is 38.5 Å². The molecule has 0 aliphatic carbocycles. The van der Waals surface area contributed by atoms with Crippen LogP contribution in [0.2, 0.25) is 0 Å². The zero-order chi connectivity index (χ0) is 23.9. The minimum Gasteiger partial charge on any atom is -0.508 e. The lowest BCUT2D eigenvalue weighted by Gasteiger charge is -2.16. The number of benzene rings is 4. The molecule has 0 atom stereocenters. The molecular weight excluding hydrogens is 428 g/mol. The Morgan fingerprint density at radius 3 is 1.38 bits per heavy atom. The number of para-hydroxylation sites is 2. The van der Waals surface area contributed by atoms with Gasteiger partial charge in [-0.25, -0.2) is 0 Å². The first kappa shape index (κ1) is 22.9. The minimum absolute atomic E-state index is 0.258. The number of aromatic hydroxyl groups is 2. The molecule has 0 heterocycles. The van der Waals surface area contributed by atoms with Crippen LogP contribution in [0.4, 0.5) is 11.4 Å². The Labute approximate surface area is 199 Å². The highest BCUT2D eigenvalue weighted by atomic mass is 16.5. The summed E-state index contributed by atoms with van der Waals surface area (Å²) in [6.07, 6.45) is 0. The third kappa shape index (κ3) is 5.18. The SMILES string of the molecule is COc1cc(-c2ccc(NCc3ccccc3O)c(OC)c2)ccc1NCc1ccccc1O. The van der Waals surface area contributed by atoms with Crippen LogP contribution in [0.25, 0.3) is 11.1 Å². The Hall–Kier alpha value is -4.32. The summed E-state index contributed by atoms with van der Waals surface area (Å²) in [5.41, 5.74) is 5.26. The van der Waals surface area contributed by atoms with Crippen LogP contribution in [0, 0.1) is 0 Å². The van der Waals surface area contributed by atoms with E-state index in [-0.39, 0.29) is 11.5 Å². The topological polar surface area (TPSA) is 83.0 Å². The summed E-state index contributed by atoms with van der Waals surface area (Å²) in [6, 6.07) is 26.4. The van der Waals surface area contributed by atoms with Crippen LogP contribution >= 0.6 is 0 Å². The number of hydrogen-bond acceptors (Lipinski definition) is 6. The van der Waals surface area contributed by atoms with Crippen molar-refractivity contribution in [3.63, 3.8) is 0 Å². The fourth-order valence-corrected chi connectivity index (χ4v) is 3.74. The van der Waals surface area contributed by atoms with Gasteiger partial charge >= 0.3 is 0 Å². The number of anilines is 2. The van der Waals surface area contributed by atoms with E-state index in [0.29, 0.717) is 24.6 Å². The maximum absolute atomic E-state index is 10.00. The second-order valence-electron chi connectivity index (χ2n) is 7.79. The zero-order valence-corrected chi connectivity index (χ0v) is 19.2. The smallest absolute Gasteiger partial charge is 0.142 e. The van der Waals surface area contributed by atoms with Gasteiger partial charge in [-0.05, 0) is 47.5 Å². The molecule has 34 heavy (non-hydrogen) atoms. The normalized spacial score (nSPS) is 10.5. The quantitative estimate of drug-likeness (QED) is 0.247. The van der Waals surface area contributed by atoms with Crippen molar-refractivity contribution < 1.29 is 19.7 Å². The number of methoxy groups -OCH3 is 2. The lowest BCUT2D eigenvalue weighted by molar-refractivity contribution is 0.416. The summed E-state index contributed by atoms with van der Waals surface area (Å²) in [6.45, 7) is 0.959. The summed E-state index contributed by atoms with van der Waals surface area (Å²) < 4.78 is 11.2. The third-order valence-electron chi connectivity index (χ3n) is 5.66. The van der Waals surface area contributed by atoms with Crippen LogP contribution < -0.4 is 20.1 Å². The van der Waals surface area contributed by atoms with Crippen LogP contribution in [0.15, 0.2) is 84.9 Å². The monoisotopic (exact) mass is 456 g/mol. The lowest BCUT2D eigenvalue weighted by Crippen LogP contribution is -2.02. The van der Waals surface area contributed by atoms with Crippen molar-refractivity contribution in [2.24, 2.45) is 0 Å². The molecule has 6 heteroatoms. The third-order valence-corrected chi connectivity index (χ3v) is 5.66. The van der Waals surface area contributed by atoms with Crippen molar-refractivity contribution in [3.8, 4) is 34.1 Å². The molecule has 0 saturated carbocycles. The highest BCUT2D eigenvalue weighted by Crippen LogP contribution is 2.35. The molecule has 0 bridgehead atoms. The van der Waals surface area contributed by atoms with E-state index >= 15 is 0 Å². The number of phenols is 2. The molecule has 4 aromatic carbocycles. The van der Waals surface area contributed by atoms with E-state index in [0.717, 1.165) is 33.6 Å². The molecule has 6 nitrogen and oxygen atoms in total. The summed E-state index contributed by atoms with van der Waals surface area (Å²) in [4.78, 5) is 0. The van der Waals surface area contributed by atoms with Gasteiger partial charge in [-0.2, -0.15) is 0 Å². The van der Waals surface area contributed by atoms with Crippen molar-refractivity contribution in [2.45, 2.75) is 13.1 Å². The molecule has 0 saturated heterocycles. The van der Waals surface area contributed by atoms with Gasteiger partial charge in [0.1, 0.15) is 23.0 Å². The summed E-state index contributed by atoms with van der Waals surface area (Å²) in [7, 11) is 3.27. The molecule has 4 N–H and O–H groups in total. The maximum atomic E-state index is 10.00. The van der Waals surface area contributed by atoms with Crippen molar-refractivity contribution in [2.75, 3.05) is 24.9 Å². The van der Waals surface area contributed by atoms with Crippen LogP contribution in [-0.4, -0.2) is 24.4 Å². The Balaban J connectivity index is 1.51. The molecule has 0 radical (unpaired) electrons. The number of rotatable bonds is 9. The van der Waals surface area contributed by atoms with Gasteiger partial charge in [-0.1, -0.05) is 48.5 Å². The Kier molecular flexibility index (Phi) is 7.08. The summed E-state index contributed by atoms with van der Waals surface area (Å²) in [5, 5.41) is 26.6. The molecule has 0 spiro atoms. The molecule has 0 amide bonds. The fraction of sp³-hybridized carbons (Fsp3) is 0.143. The molecule has 0 aromatic heterocycles. The largest absolute Gasteiger partial charge is 0.508 e. The first-order valence-corrected chi connectivity index (χ1v) is 11.0. The second-order valence-corrected chi connectivity index (χ2v) is 7.79. The van der Waals surface area contributed by atoms with Crippen molar-refractivity contribution >= 4 is 11.4 Å². The van der Waals surface area contributed by atoms with Gasteiger partial charge in [-0.3, -0.25) is 0 Å². The Bertz CT molecular complexity index is 1170. The molecule has 4 aromatic rings. The maximum Gasteiger partial charge on any atom is 0.142 e. The van der Waals surface area contributed by atoms with Gasteiger partial charge in [0.15, 0.2) is 0 Å². The predicted molar refractivity (Wildman–Crippen MR) is 136 cm³/mol. The van der Waals surface area contributed by atoms with E-state index in [1.807, 2.05) is 60.7 Å². The van der Waals surface area contributed by atoms with Crippen molar-refractivity contribution in [3.05, 3.63) is 96.1 Å². The average Bonchev–Trinajstić information content (AvgIpc) is 2.87. The van der Waals surface area contributed by atoms with Crippen LogP contribution in [0.3, 0.4) is 0 Å². The van der Waals surface area contributed by atoms with Crippen molar-refractivity contribution in [1.29, 1.82) is 0 Å². The van der Waals surface area contributed by atoms with Gasteiger partial charge in [-0.15, -0.1) is 0 Å². The van der Waals surface area contributed by atoms with Gasteiger partial charge in [0.05, 0.1) is 25.6 Å². The molecule has 0 aliphatic heterocycles. The average molecular weight is 457 g/mol. The molecule has 174 valence electrons. The molecule has 4 rings (SSSR count). The van der Waals surface area contributed by atoms with E-state index in [1.165, 1.54) is 0 Å². The Morgan fingerprint density at radius 1 is 0.588 bits per heavy atom. The number of hydrogen-bond donors (Lipinski definition) is 4.